The molecule has 1 aliphatic carbocycles. The zero-order chi connectivity index (χ0) is 9.69. The van der Waals surface area contributed by atoms with Crippen molar-refractivity contribution in [2.45, 2.75) is 65.0 Å². The predicted molar refractivity (Wildman–Crippen MR) is 56.7 cm³/mol. The maximum absolute atomic E-state index is 3.80. The van der Waals surface area contributed by atoms with E-state index in [-0.39, 0.29) is 0 Å². The van der Waals surface area contributed by atoms with E-state index in [0.717, 1.165) is 5.92 Å². The molecule has 1 saturated carbocycles. The average Bonchev–Trinajstić information content (AvgIpc) is 2.16. The minimum absolute atomic E-state index is 0.451. The van der Waals surface area contributed by atoms with E-state index >= 15 is 0 Å². The molecule has 0 radical (unpaired) electrons. The van der Waals surface area contributed by atoms with E-state index in [2.05, 4.69) is 33.0 Å². The molecule has 1 heteroatoms. The molecule has 0 spiro atoms. The van der Waals surface area contributed by atoms with E-state index < -0.39 is 0 Å². The van der Waals surface area contributed by atoms with Gasteiger partial charge in [0, 0.05) is 11.6 Å². The van der Waals surface area contributed by atoms with Crippen molar-refractivity contribution in [1.29, 1.82) is 0 Å². The Hall–Kier alpha value is -0.0400. The Morgan fingerprint density at radius 2 is 2.00 bits per heavy atom. The molecule has 13 heavy (non-hydrogen) atoms. The van der Waals surface area contributed by atoms with Gasteiger partial charge in [0.25, 0.3) is 0 Å². The number of rotatable bonds is 1. The minimum Gasteiger partial charge on any atom is -0.308 e. The summed E-state index contributed by atoms with van der Waals surface area (Å²) < 4.78 is 0. The van der Waals surface area contributed by atoms with Crippen molar-refractivity contribution < 1.29 is 0 Å². The topological polar surface area (TPSA) is 12.0 Å². The van der Waals surface area contributed by atoms with Gasteiger partial charge in [0.15, 0.2) is 0 Å². The van der Waals surface area contributed by atoms with E-state index in [1.165, 1.54) is 25.7 Å². The van der Waals surface area contributed by atoms with Crippen molar-refractivity contribution in [2.24, 2.45) is 11.3 Å². The van der Waals surface area contributed by atoms with Crippen LogP contribution in [-0.4, -0.2) is 11.6 Å². The van der Waals surface area contributed by atoms with Gasteiger partial charge < -0.3 is 5.32 Å². The first-order valence-corrected chi connectivity index (χ1v) is 5.75. The quantitative estimate of drug-likeness (QED) is 0.656. The standard InChI is InChI=1S/C12H23N/c1-5-10-6-11(3)8-12(4,7-10)13-9(11)2/h9-10,13H,5-8H2,1-4H3. The highest BCUT2D eigenvalue weighted by molar-refractivity contribution is 5.09. The summed E-state index contributed by atoms with van der Waals surface area (Å²) in [6, 6.07) is 0.717. The van der Waals surface area contributed by atoms with E-state index in [9.17, 15) is 0 Å². The summed E-state index contributed by atoms with van der Waals surface area (Å²) in [6.07, 6.45) is 5.58. The van der Waals surface area contributed by atoms with Gasteiger partial charge in [-0.25, -0.2) is 0 Å². The van der Waals surface area contributed by atoms with Crippen LogP contribution in [0.25, 0.3) is 0 Å². The van der Waals surface area contributed by atoms with Crippen LogP contribution in [0, 0.1) is 11.3 Å². The fourth-order valence-corrected chi connectivity index (χ4v) is 3.83. The lowest BCUT2D eigenvalue weighted by molar-refractivity contribution is 0.147. The van der Waals surface area contributed by atoms with Crippen molar-refractivity contribution in [3.05, 3.63) is 0 Å². The second-order valence-corrected chi connectivity index (χ2v) is 5.94. The third kappa shape index (κ3) is 1.41. The third-order valence-corrected chi connectivity index (χ3v) is 4.48. The van der Waals surface area contributed by atoms with Gasteiger partial charge in [0.1, 0.15) is 0 Å². The van der Waals surface area contributed by atoms with E-state index in [0.29, 0.717) is 17.0 Å². The number of hydrogen-bond donors (Lipinski definition) is 1. The zero-order valence-electron chi connectivity index (χ0n) is 9.48. The van der Waals surface area contributed by atoms with Gasteiger partial charge in [-0.05, 0) is 44.4 Å². The molecule has 2 fully saturated rings. The Labute approximate surface area is 82.3 Å². The van der Waals surface area contributed by atoms with Crippen molar-refractivity contribution in [1.82, 2.24) is 5.32 Å². The molecule has 2 bridgehead atoms. The Balaban J connectivity index is 2.22. The molecule has 0 amide bonds. The van der Waals surface area contributed by atoms with Gasteiger partial charge in [0.05, 0.1) is 0 Å². The minimum atomic E-state index is 0.451. The molecule has 0 aromatic rings. The van der Waals surface area contributed by atoms with Gasteiger partial charge >= 0.3 is 0 Å². The zero-order valence-corrected chi connectivity index (χ0v) is 9.48. The van der Waals surface area contributed by atoms with Crippen LogP contribution in [-0.2, 0) is 0 Å². The summed E-state index contributed by atoms with van der Waals surface area (Å²) in [5.74, 6) is 0.959. The molecule has 1 aliphatic heterocycles. The predicted octanol–water partition coefficient (Wildman–Crippen LogP) is 2.95. The molecule has 1 saturated heterocycles. The van der Waals surface area contributed by atoms with E-state index in [4.69, 9.17) is 0 Å². The Kier molecular flexibility index (Phi) is 1.99. The summed E-state index contributed by atoms with van der Waals surface area (Å²) in [7, 11) is 0. The molecule has 2 aliphatic rings. The Morgan fingerprint density at radius 1 is 1.31 bits per heavy atom. The number of fused-ring (bicyclic) bond motifs is 2. The Morgan fingerprint density at radius 3 is 2.54 bits per heavy atom. The van der Waals surface area contributed by atoms with Crippen LogP contribution in [0.2, 0.25) is 0 Å². The first kappa shape index (κ1) is 9.51. The van der Waals surface area contributed by atoms with Crippen LogP contribution >= 0.6 is 0 Å². The van der Waals surface area contributed by atoms with Crippen LogP contribution in [0.15, 0.2) is 0 Å². The van der Waals surface area contributed by atoms with Crippen LogP contribution in [0.1, 0.15) is 53.4 Å². The normalized spacial score (nSPS) is 55.4. The summed E-state index contributed by atoms with van der Waals surface area (Å²) in [5.41, 5.74) is 1.03. The van der Waals surface area contributed by atoms with Crippen molar-refractivity contribution in [2.75, 3.05) is 0 Å². The molecule has 1 nitrogen and oxygen atoms in total. The number of hydrogen-bond acceptors (Lipinski definition) is 1. The van der Waals surface area contributed by atoms with Crippen LogP contribution in [0.4, 0.5) is 0 Å². The summed E-state index contributed by atoms with van der Waals surface area (Å²) >= 11 is 0. The molecular formula is C12H23N. The van der Waals surface area contributed by atoms with Gasteiger partial charge in [-0.1, -0.05) is 20.3 Å². The molecule has 0 aromatic carbocycles. The molecule has 4 unspecified atom stereocenters. The van der Waals surface area contributed by atoms with Crippen LogP contribution < -0.4 is 5.32 Å². The molecule has 4 atom stereocenters. The molecule has 76 valence electrons. The largest absolute Gasteiger partial charge is 0.308 e. The first-order valence-electron chi connectivity index (χ1n) is 5.75. The molecular weight excluding hydrogens is 158 g/mol. The van der Waals surface area contributed by atoms with Gasteiger partial charge in [-0.15, -0.1) is 0 Å². The second kappa shape index (κ2) is 2.73. The smallest absolute Gasteiger partial charge is 0.0164 e. The lowest BCUT2D eigenvalue weighted by atomic mass is 9.65. The van der Waals surface area contributed by atoms with Crippen LogP contribution in [0.3, 0.4) is 0 Å². The summed E-state index contributed by atoms with van der Waals surface area (Å²) in [5, 5.41) is 3.80. The summed E-state index contributed by atoms with van der Waals surface area (Å²) in [4.78, 5) is 0. The highest BCUT2D eigenvalue weighted by Crippen LogP contribution is 2.52. The van der Waals surface area contributed by atoms with Gasteiger partial charge in [-0.2, -0.15) is 0 Å². The lowest BCUT2D eigenvalue weighted by Crippen LogP contribution is -2.40. The third-order valence-electron chi connectivity index (χ3n) is 4.48. The molecule has 0 aromatic heterocycles. The molecule has 2 rings (SSSR count). The number of nitrogens with one attached hydrogen (secondary N) is 1. The highest BCUT2D eigenvalue weighted by Gasteiger charge is 2.52. The first-order chi connectivity index (χ1) is 5.97. The van der Waals surface area contributed by atoms with Crippen LogP contribution in [0.5, 0.6) is 0 Å². The summed E-state index contributed by atoms with van der Waals surface area (Å²) in [6.45, 7) is 9.59. The average molecular weight is 181 g/mol. The fourth-order valence-electron chi connectivity index (χ4n) is 3.83. The highest BCUT2D eigenvalue weighted by atomic mass is 15.1. The van der Waals surface area contributed by atoms with Gasteiger partial charge in [-0.3, -0.25) is 0 Å². The van der Waals surface area contributed by atoms with E-state index in [1.54, 1.807) is 0 Å². The van der Waals surface area contributed by atoms with Crippen molar-refractivity contribution in [3.63, 3.8) is 0 Å². The Bertz CT molecular complexity index is 213. The second-order valence-electron chi connectivity index (χ2n) is 5.94. The SMILES string of the molecule is CCC1CC2(C)CC(C)(C1)C(C)N2. The molecule has 1 heterocycles. The molecule has 1 N–H and O–H groups in total. The van der Waals surface area contributed by atoms with Crippen molar-refractivity contribution in [3.8, 4) is 0 Å². The maximum atomic E-state index is 3.80. The maximum Gasteiger partial charge on any atom is 0.0164 e. The lowest BCUT2D eigenvalue weighted by Gasteiger charge is -2.39. The van der Waals surface area contributed by atoms with Gasteiger partial charge in [0.2, 0.25) is 0 Å². The monoisotopic (exact) mass is 181 g/mol. The fraction of sp³-hybridized carbons (Fsp3) is 1.00. The van der Waals surface area contributed by atoms with E-state index in [1.807, 2.05) is 0 Å². The van der Waals surface area contributed by atoms with Crippen molar-refractivity contribution >= 4 is 0 Å².